The van der Waals surface area contributed by atoms with E-state index in [4.69, 9.17) is 9.47 Å². The van der Waals surface area contributed by atoms with E-state index in [0.29, 0.717) is 24.9 Å². The van der Waals surface area contributed by atoms with Crippen molar-refractivity contribution in [3.8, 4) is 11.1 Å². The van der Waals surface area contributed by atoms with E-state index in [2.05, 4.69) is 13.8 Å². The average molecular weight is 551 g/mol. The summed E-state index contributed by atoms with van der Waals surface area (Å²) in [5.74, 6) is -0.967. The van der Waals surface area contributed by atoms with Gasteiger partial charge in [0.1, 0.15) is 11.6 Å². The molecular formula is C31H38N2O7. The molecule has 40 heavy (non-hydrogen) atoms. The third-order valence-corrected chi connectivity index (χ3v) is 7.73. The molecule has 0 N–H and O–H groups in total. The predicted molar refractivity (Wildman–Crippen MR) is 150 cm³/mol. The quantitative estimate of drug-likeness (QED) is 0.150. The third-order valence-electron chi connectivity index (χ3n) is 7.73. The van der Waals surface area contributed by atoms with Gasteiger partial charge in [-0.3, -0.25) is 19.8 Å². The lowest BCUT2D eigenvalue weighted by Gasteiger charge is -2.32. The number of nitrogens with zero attached hydrogens (tertiary/aromatic N) is 2. The lowest BCUT2D eigenvalue weighted by molar-refractivity contribution is -0.384. The molecule has 2 aromatic rings. The first-order valence-electron chi connectivity index (χ1n) is 14.0. The Hall–Kier alpha value is -3.75. The highest BCUT2D eigenvalue weighted by Crippen LogP contribution is 2.54. The summed E-state index contributed by atoms with van der Waals surface area (Å²) < 4.78 is 10.8. The SMILES string of the molecule is CCCC1(CCC)c2cc(C(=O)COC(=O)C3CCCN3C(=O)OC(C)(C)C)ccc2-c2ccc([N+](=O)[O-])cc21. The first kappa shape index (κ1) is 29.2. The molecule has 1 aliphatic carbocycles. The molecule has 0 radical (unpaired) electrons. The van der Waals surface area contributed by atoms with Crippen molar-refractivity contribution in [2.75, 3.05) is 13.2 Å². The van der Waals surface area contributed by atoms with Gasteiger partial charge in [-0.2, -0.15) is 0 Å². The van der Waals surface area contributed by atoms with Crippen molar-refractivity contribution in [1.82, 2.24) is 4.90 Å². The Balaban J connectivity index is 1.56. The van der Waals surface area contributed by atoms with E-state index >= 15 is 0 Å². The van der Waals surface area contributed by atoms with Crippen molar-refractivity contribution in [2.45, 2.75) is 90.2 Å². The van der Waals surface area contributed by atoms with E-state index in [1.54, 1.807) is 39.0 Å². The number of hydrogen-bond acceptors (Lipinski definition) is 7. The van der Waals surface area contributed by atoms with Gasteiger partial charge in [-0.15, -0.1) is 0 Å². The molecule has 9 heteroatoms. The Labute approximate surface area is 235 Å². The zero-order valence-corrected chi connectivity index (χ0v) is 24.0. The minimum atomic E-state index is -0.783. The van der Waals surface area contributed by atoms with Crippen LogP contribution in [0, 0.1) is 10.1 Å². The van der Waals surface area contributed by atoms with Gasteiger partial charge in [0.15, 0.2) is 12.4 Å². The van der Waals surface area contributed by atoms with Crippen LogP contribution in [0.5, 0.6) is 0 Å². The van der Waals surface area contributed by atoms with E-state index in [9.17, 15) is 24.5 Å². The highest BCUT2D eigenvalue weighted by atomic mass is 16.6. The normalized spacial score (nSPS) is 17.2. The summed E-state index contributed by atoms with van der Waals surface area (Å²) in [6, 6.07) is 9.71. The lowest BCUT2D eigenvalue weighted by atomic mass is 9.71. The average Bonchev–Trinajstić information content (AvgIpc) is 3.49. The molecule has 0 bridgehead atoms. The molecule has 0 spiro atoms. The number of nitro groups is 1. The number of likely N-dealkylation sites (tertiary alicyclic amines) is 1. The number of esters is 1. The van der Waals surface area contributed by atoms with Crippen molar-refractivity contribution >= 4 is 23.5 Å². The van der Waals surface area contributed by atoms with Crippen LogP contribution in [-0.4, -0.2) is 52.5 Å². The molecule has 0 saturated carbocycles. The maximum absolute atomic E-state index is 13.2. The molecular weight excluding hydrogens is 512 g/mol. The van der Waals surface area contributed by atoms with E-state index in [0.717, 1.165) is 47.9 Å². The largest absolute Gasteiger partial charge is 0.456 e. The number of nitro benzene ring substituents is 1. The fraction of sp³-hybridized carbons (Fsp3) is 0.516. The van der Waals surface area contributed by atoms with Crippen LogP contribution < -0.4 is 0 Å². The van der Waals surface area contributed by atoms with E-state index in [1.165, 1.54) is 11.0 Å². The van der Waals surface area contributed by atoms with E-state index in [1.807, 2.05) is 12.1 Å². The summed E-state index contributed by atoms with van der Waals surface area (Å²) in [5.41, 5.74) is 3.18. The molecule has 1 heterocycles. The van der Waals surface area contributed by atoms with Gasteiger partial charge in [-0.25, -0.2) is 9.59 Å². The summed E-state index contributed by atoms with van der Waals surface area (Å²) in [6.45, 7) is 9.42. The number of rotatable bonds is 9. The Morgan fingerprint density at radius 1 is 1.02 bits per heavy atom. The topological polar surface area (TPSA) is 116 Å². The Morgan fingerprint density at radius 3 is 2.25 bits per heavy atom. The predicted octanol–water partition coefficient (Wildman–Crippen LogP) is 6.59. The van der Waals surface area contributed by atoms with Crippen molar-refractivity contribution in [2.24, 2.45) is 0 Å². The fourth-order valence-corrected chi connectivity index (χ4v) is 6.15. The molecule has 1 amide bonds. The summed E-state index contributed by atoms with van der Waals surface area (Å²) in [7, 11) is 0. The van der Waals surface area contributed by atoms with Gasteiger partial charge in [0.25, 0.3) is 5.69 Å². The molecule has 1 atom stereocenters. The van der Waals surface area contributed by atoms with Crippen LogP contribution in [-0.2, 0) is 19.7 Å². The maximum atomic E-state index is 13.2. The molecule has 4 rings (SSSR count). The Morgan fingerprint density at radius 2 is 1.65 bits per heavy atom. The molecule has 1 fully saturated rings. The van der Waals surface area contributed by atoms with Crippen molar-refractivity contribution < 1.29 is 28.8 Å². The number of ketones is 1. The maximum Gasteiger partial charge on any atom is 0.411 e. The number of Topliss-reactive ketones (excluding diaryl/α,β-unsaturated/α-hetero) is 1. The van der Waals surface area contributed by atoms with Crippen LogP contribution >= 0.6 is 0 Å². The zero-order chi connectivity index (χ0) is 29.2. The van der Waals surface area contributed by atoms with E-state index < -0.39 is 35.7 Å². The lowest BCUT2D eigenvalue weighted by Crippen LogP contribution is -2.44. The van der Waals surface area contributed by atoms with Gasteiger partial charge in [0, 0.05) is 29.7 Å². The second kappa shape index (κ2) is 11.4. The van der Waals surface area contributed by atoms with Crippen LogP contribution in [0.2, 0.25) is 0 Å². The van der Waals surface area contributed by atoms with Crippen molar-refractivity contribution in [1.29, 1.82) is 0 Å². The third kappa shape index (κ3) is 5.60. The minimum absolute atomic E-state index is 0.0543. The van der Waals surface area contributed by atoms with Crippen LogP contribution in [0.1, 0.15) is 94.6 Å². The first-order chi connectivity index (χ1) is 18.9. The molecule has 1 aliphatic heterocycles. The molecule has 214 valence electrons. The molecule has 1 unspecified atom stereocenters. The monoisotopic (exact) mass is 550 g/mol. The number of carbonyl (C=O) groups is 3. The number of carbonyl (C=O) groups excluding carboxylic acids is 3. The minimum Gasteiger partial charge on any atom is -0.456 e. The van der Waals surface area contributed by atoms with Crippen molar-refractivity contribution in [3.05, 3.63) is 63.2 Å². The summed E-state index contributed by atoms with van der Waals surface area (Å²) in [6.07, 6.45) is 3.84. The number of amides is 1. The number of non-ortho nitro benzene ring substituents is 1. The smallest absolute Gasteiger partial charge is 0.411 e. The molecule has 0 aromatic heterocycles. The van der Waals surface area contributed by atoms with Gasteiger partial charge in [0.2, 0.25) is 0 Å². The Bertz CT molecular complexity index is 1320. The Kier molecular flexibility index (Phi) is 8.33. The fourth-order valence-electron chi connectivity index (χ4n) is 6.15. The first-order valence-corrected chi connectivity index (χ1v) is 14.0. The molecule has 9 nitrogen and oxygen atoms in total. The summed E-state index contributed by atoms with van der Waals surface area (Å²) >= 11 is 0. The van der Waals surface area contributed by atoms with Crippen molar-refractivity contribution in [3.63, 3.8) is 0 Å². The van der Waals surface area contributed by atoms with Gasteiger partial charge < -0.3 is 9.47 Å². The molecule has 1 saturated heterocycles. The molecule has 2 aliphatic rings. The van der Waals surface area contributed by atoms with Gasteiger partial charge in [-0.1, -0.05) is 38.8 Å². The van der Waals surface area contributed by atoms with Crippen LogP contribution in [0.4, 0.5) is 10.5 Å². The second-order valence-electron chi connectivity index (χ2n) is 11.7. The number of fused-ring (bicyclic) bond motifs is 3. The summed E-state index contributed by atoms with van der Waals surface area (Å²) in [4.78, 5) is 51.2. The van der Waals surface area contributed by atoms with E-state index in [-0.39, 0.29) is 16.4 Å². The van der Waals surface area contributed by atoms with Gasteiger partial charge in [0.05, 0.1) is 4.92 Å². The highest BCUT2D eigenvalue weighted by Gasteiger charge is 2.43. The van der Waals surface area contributed by atoms with Gasteiger partial charge in [-0.05, 0) is 80.8 Å². The van der Waals surface area contributed by atoms with Crippen LogP contribution in [0.15, 0.2) is 36.4 Å². The molecule has 2 aromatic carbocycles. The number of hydrogen-bond donors (Lipinski definition) is 0. The summed E-state index contributed by atoms with van der Waals surface area (Å²) in [5, 5.41) is 11.6. The second-order valence-corrected chi connectivity index (χ2v) is 11.7. The highest BCUT2D eigenvalue weighted by molar-refractivity contribution is 6.00. The van der Waals surface area contributed by atoms with Gasteiger partial charge >= 0.3 is 12.1 Å². The van der Waals surface area contributed by atoms with Crippen LogP contribution in [0.25, 0.3) is 11.1 Å². The zero-order valence-electron chi connectivity index (χ0n) is 24.0. The van der Waals surface area contributed by atoms with Crippen LogP contribution in [0.3, 0.4) is 0 Å². The number of ether oxygens (including phenoxy) is 2. The standard InChI is InChI=1S/C31H38N2O7/c1-6-14-31(15-7-2)24-17-20(10-12-22(24)23-13-11-21(33(37)38)18-25(23)31)27(34)19-39-28(35)26-9-8-16-32(26)29(36)40-30(3,4)5/h10-13,17-18,26H,6-9,14-16,19H2,1-5H3. The number of benzene rings is 2.